The Morgan fingerprint density at radius 1 is 1.44 bits per heavy atom. The lowest BCUT2D eigenvalue weighted by Gasteiger charge is -2.25. The number of halogens is 1. The van der Waals surface area contributed by atoms with Gasteiger partial charge < -0.3 is 10.6 Å². The molecule has 0 amide bonds. The topological polar surface area (TPSA) is 29.3 Å². The summed E-state index contributed by atoms with van der Waals surface area (Å²) in [6.07, 6.45) is 2.78. The number of nitrogens with two attached hydrogens (primary N) is 1. The Morgan fingerprint density at radius 2 is 2.19 bits per heavy atom. The number of anilines is 1. The van der Waals surface area contributed by atoms with Crippen LogP contribution < -0.4 is 10.6 Å². The summed E-state index contributed by atoms with van der Waals surface area (Å²) >= 11 is 3.54. The van der Waals surface area contributed by atoms with Gasteiger partial charge in [-0.1, -0.05) is 22.0 Å². The van der Waals surface area contributed by atoms with Gasteiger partial charge in [-0.15, -0.1) is 0 Å². The van der Waals surface area contributed by atoms with Crippen LogP contribution in [0.25, 0.3) is 0 Å². The molecule has 0 spiro atoms. The van der Waals surface area contributed by atoms with Crippen molar-refractivity contribution in [3.05, 3.63) is 28.2 Å². The summed E-state index contributed by atoms with van der Waals surface area (Å²) in [6, 6.07) is 6.37. The summed E-state index contributed by atoms with van der Waals surface area (Å²) in [7, 11) is 0. The maximum Gasteiger partial charge on any atom is 0.0423 e. The van der Waals surface area contributed by atoms with E-state index in [9.17, 15) is 0 Å². The Morgan fingerprint density at radius 3 is 2.75 bits per heavy atom. The van der Waals surface area contributed by atoms with E-state index in [1.165, 1.54) is 30.6 Å². The zero-order valence-electron chi connectivity index (χ0n) is 9.75. The smallest absolute Gasteiger partial charge is 0.0423 e. The minimum Gasteiger partial charge on any atom is -0.371 e. The van der Waals surface area contributed by atoms with E-state index < -0.39 is 0 Å². The van der Waals surface area contributed by atoms with E-state index in [1.54, 1.807) is 0 Å². The Balaban J connectivity index is 2.23. The lowest BCUT2D eigenvalue weighted by molar-refractivity contribution is 0.737. The van der Waals surface area contributed by atoms with Crippen LogP contribution in [0.5, 0.6) is 0 Å². The van der Waals surface area contributed by atoms with Crippen molar-refractivity contribution in [2.45, 2.75) is 26.3 Å². The minimum absolute atomic E-state index is 0.615. The Bertz CT molecular complexity index is 361. The average Bonchev–Trinajstić information content (AvgIpc) is 3.09. The lowest BCUT2D eigenvalue weighted by Crippen LogP contribution is -2.26. The van der Waals surface area contributed by atoms with Gasteiger partial charge in [-0.25, -0.2) is 0 Å². The molecule has 1 fully saturated rings. The first-order valence-electron chi connectivity index (χ1n) is 5.98. The van der Waals surface area contributed by atoms with Crippen molar-refractivity contribution in [1.29, 1.82) is 0 Å². The number of nitrogens with zero attached hydrogens (tertiary/aromatic N) is 1. The van der Waals surface area contributed by atoms with Crippen LogP contribution in [0.3, 0.4) is 0 Å². The fraction of sp³-hybridized carbons (Fsp3) is 0.538. The van der Waals surface area contributed by atoms with Gasteiger partial charge in [0.1, 0.15) is 0 Å². The first kappa shape index (κ1) is 11.9. The molecular weight excluding hydrogens is 264 g/mol. The average molecular weight is 283 g/mol. The SMILES string of the molecule is CCN(CC1CC1)c1cc(Br)ccc1CN. The zero-order valence-corrected chi connectivity index (χ0v) is 11.3. The molecule has 2 N–H and O–H groups in total. The molecule has 1 aromatic rings. The summed E-state index contributed by atoms with van der Waals surface area (Å²) in [5, 5.41) is 0. The maximum absolute atomic E-state index is 5.80. The standard InChI is InChI=1S/C13H19BrN2/c1-2-16(9-10-3-4-10)13-7-12(14)6-5-11(13)8-15/h5-7,10H,2-4,8-9,15H2,1H3. The van der Waals surface area contributed by atoms with E-state index in [4.69, 9.17) is 5.73 Å². The highest BCUT2D eigenvalue weighted by molar-refractivity contribution is 9.10. The second kappa shape index (κ2) is 5.19. The number of hydrogen-bond acceptors (Lipinski definition) is 2. The molecule has 0 heterocycles. The van der Waals surface area contributed by atoms with Crippen LogP contribution in [0.15, 0.2) is 22.7 Å². The third-order valence-electron chi connectivity index (χ3n) is 3.17. The van der Waals surface area contributed by atoms with E-state index in [0.29, 0.717) is 6.54 Å². The fourth-order valence-corrected chi connectivity index (χ4v) is 2.36. The minimum atomic E-state index is 0.615. The van der Waals surface area contributed by atoms with Gasteiger partial charge in [-0.2, -0.15) is 0 Å². The van der Waals surface area contributed by atoms with Crippen molar-refractivity contribution >= 4 is 21.6 Å². The molecule has 1 aliphatic rings. The van der Waals surface area contributed by atoms with Crippen molar-refractivity contribution in [1.82, 2.24) is 0 Å². The summed E-state index contributed by atoms with van der Waals surface area (Å²) in [5.41, 5.74) is 8.34. The molecule has 1 aliphatic carbocycles. The largest absolute Gasteiger partial charge is 0.371 e. The second-order valence-corrected chi connectivity index (χ2v) is 5.37. The van der Waals surface area contributed by atoms with Gasteiger partial charge in [-0.05, 0) is 43.4 Å². The molecule has 0 aromatic heterocycles. The molecule has 0 radical (unpaired) electrons. The number of rotatable bonds is 5. The highest BCUT2D eigenvalue weighted by atomic mass is 79.9. The normalized spacial score (nSPS) is 15.2. The number of benzene rings is 1. The molecule has 3 heteroatoms. The lowest BCUT2D eigenvalue weighted by atomic mass is 10.1. The first-order chi connectivity index (χ1) is 7.74. The first-order valence-corrected chi connectivity index (χ1v) is 6.77. The molecule has 0 saturated heterocycles. The van der Waals surface area contributed by atoms with Gasteiger partial charge >= 0.3 is 0 Å². The Labute approximate surface area is 106 Å². The third-order valence-corrected chi connectivity index (χ3v) is 3.66. The quantitative estimate of drug-likeness (QED) is 0.899. The van der Waals surface area contributed by atoms with E-state index in [-0.39, 0.29) is 0 Å². The van der Waals surface area contributed by atoms with Crippen molar-refractivity contribution in [2.24, 2.45) is 11.7 Å². The molecule has 16 heavy (non-hydrogen) atoms. The van der Waals surface area contributed by atoms with Gasteiger partial charge in [0.25, 0.3) is 0 Å². The van der Waals surface area contributed by atoms with Crippen LogP contribution in [-0.2, 0) is 6.54 Å². The van der Waals surface area contributed by atoms with Crippen molar-refractivity contribution in [3.63, 3.8) is 0 Å². The summed E-state index contributed by atoms with van der Waals surface area (Å²) in [4.78, 5) is 2.45. The van der Waals surface area contributed by atoms with Gasteiger partial charge in [0.05, 0.1) is 0 Å². The zero-order chi connectivity index (χ0) is 11.5. The predicted octanol–water partition coefficient (Wildman–Crippen LogP) is 3.14. The molecule has 0 aliphatic heterocycles. The van der Waals surface area contributed by atoms with E-state index >= 15 is 0 Å². The van der Waals surface area contributed by atoms with E-state index in [1.807, 2.05) is 0 Å². The van der Waals surface area contributed by atoms with Crippen molar-refractivity contribution in [2.75, 3.05) is 18.0 Å². The molecule has 2 nitrogen and oxygen atoms in total. The molecule has 1 aromatic carbocycles. The molecule has 0 unspecified atom stereocenters. The predicted molar refractivity (Wildman–Crippen MR) is 72.6 cm³/mol. The highest BCUT2D eigenvalue weighted by Gasteiger charge is 2.24. The van der Waals surface area contributed by atoms with Gasteiger partial charge in [0.2, 0.25) is 0 Å². The molecule has 88 valence electrons. The summed E-state index contributed by atoms with van der Waals surface area (Å²) in [5.74, 6) is 0.907. The second-order valence-electron chi connectivity index (χ2n) is 4.46. The molecule has 2 rings (SSSR count). The van der Waals surface area contributed by atoms with Crippen LogP contribution in [0.2, 0.25) is 0 Å². The van der Waals surface area contributed by atoms with Crippen LogP contribution in [0, 0.1) is 5.92 Å². The van der Waals surface area contributed by atoms with Gasteiger partial charge in [0.15, 0.2) is 0 Å². The Hall–Kier alpha value is -0.540. The van der Waals surface area contributed by atoms with Crippen LogP contribution in [-0.4, -0.2) is 13.1 Å². The van der Waals surface area contributed by atoms with Crippen molar-refractivity contribution < 1.29 is 0 Å². The molecule has 0 atom stereocenters. The van der Waals surface area contributed by atoms with Gasteiger partial charge in [0, 0.05) is 29.8 Å². The summed E-state index contributed by atoms with van der Waals surface area (Å²) < 4.78 is 1.13. The maximum atomic E-state index is 5.80. The van der Waals surface area contributed by atoms with E-state index in [0.717, 1.165) is 16.9 Å². The fourth-order valence-electron chi connectivity index (χ4n) is 2.01. The molecule has 1 saturated carbocycles. The van der Waals surface area contributed by atoms with Crippen LogP contribution in [0.4, 0.5) is 5.69 Å². The number of hydrogen-bond donors (Lipinski definition) is 1. The Kier molecular flexibility index (Phi) is 3.87. The van der Waals surface area contributed by atoms with E-state index in [2.05, 4.69) is 46.0 Å². The molecule has 0 bridgehead atoms. The van der Waals surface area contributed by atoms with Gasteiger partial charge in [-0.3, -0.25) is 0 Å². The highest BCUT2D eigenvalue weighted by Crippen LogP contribution is 2.33. The monoisotopic (exact) mass is 282 g/mol. The third kappa shape index (κ3) is 2.77. The van der Waals surface area contributed by atoms with Crippen molar-refractivity contribution in [3.8, 4) is 0 Å². The summed E-state index contributed by atoms with van der Waals surface area (Å²) in [6.45, 7) is 5.06. The molecular formula is C13H19BrN2. The van der Waals surface area contributed by atoms with Crippen LogP contribution >= 0.6 is 15.9 Å². The van der Waals surface area contributed by atoms with Crippen LogP contribution in [0.1, 0.15) is 25.3 Å².